The minimum Gasteiger partial charge on any atom is -0.455 e. The van der Waals surface area contributed by atoms with Crippen molar-refractivity contribution in [2.45, 2.75) is 18.8 Å². The number of hydrogen-bond donors (Lipinski definition) is 0. The third-order valence-electron chi connectivity index (χ3n) is 17.7. The van der Waals surface area contributed by atoms with Crippen molar-refractivity contribution >= 4 is 95.0 Å². The molecule has 402 valence electrons. The van der Waals surface area contributed by atoms with Crippen LogP contribution < -0.4 is 9.80 Å². The highest BCUT2D eigenvalue weighted by molar-refractivity contribution is 6.21. The molecule has 17 rings (SSSR count). The van der Waals surface area contributed by atoms with Crippen LogP contribution in [0.25, 0.3) is 94.3 Å². The lowest BCUT2D eigenvalue weighted by molar-refractivity contribution is 0.584. The fourth-order valence-corrected chi connectivity index (χ4v) is 14.1. The van der Waals surface area contributed by atoms with Gasteiger partial charge in [0.1, 0.15) is 22.5 Å². The van der Waals surface area contributed by atoms with Gasteiger partial charge in [0.25, 0.3) is 0 Å². The number of furan rings is 3. The van der Waals surface area contributed by atoms with Crippen molar-refractivity contribution in [3.8, 4) is 33.4 Å². The molecule has 4 heterocycles. The average molecular weight is 1090 g/mol. The SMILES string of the molecule is CC1C=Cc2oc3c(N(c4ccccc4-c4ccccc4)c4cc5c(c6oc7ccccc7c46)-c4ccc(N(c6ccccc6-c6ccccc6)c6cccc7c6oc6ccccc67)cc4C5(c4ccccc4)c4ccccn4)cccc3c2C1. The van der Waals surface area contributed by atoms with Crippen LogP contribution in [0.2, 0.25) is 0 Å². The number of anilines is 6. The van der Waals surface area contributed by atoms with E-state index in [9.17, 15) is 0 Å². The lowest BCUT2D eigenvalue weighted by Crippen LogP contribution is -2.30. The van der Waals surface area contributed by atoms with Crippen LogP contribution in [0.4, 0.5) is 34.1 Å². The van der Waals surface area contributed by atoms with E-state index in [0.29, 0.717) is 5.92 Å². The first-order valence-corrected chi connectivity index (χ1v) is 29.2. The fraction of sp³-hybridized carbons (Fsp3) is 0.0506. The zero-order valence-corrected chi connectivity index (χ0v) is 46.5. The van der Waals surface area contributed by atoms with E-state index in [1.54, 1.807) is 0 Å². The molecule has 2 aliphatic carbocycles. The molecule has 15 aromatic rings. The van der Waals surface area contributed by atoms with Crippen LogP contribution in [0.3, 0.4) is 0 Å². The topological polar surface area (TPSA) is 58.8 Å². The van der Waals surface area contributed by atoms with Crippen LogP contribution in [0, 0.1) is 5.92 Å². The summed E-state index contributed by atoms with van der Waals surface area (Å²) in [6, 6.07) is 95.7. The third-order valence-corrected chi connectivity index (χ3v) is 17.7. The van der Waals surface area contributed by atoms with Crippen LogP contribution in [0.15, 0.2) is 292 Å². The molecule has 2 unspecified atom stereocenters. The lowest BCUT2D eigenvalue weighted by atomic mass is 9.69. The monoisotopic (exact) mass is 1090 g/mol. The number of aromatic nitrogens is 1. The van der Waals surface area contributed by atoms with Crippen molar-refractivity contribution < 1.29 is 13.3 Å². The van der Waals surface area contributed by atoms with E-state index >= 15 is 0 Å². The van der Waals surface area contributed by atoms with E-state index in [-0.39, 0.29) is 0 Å². The molecule has 4 aromatic heterocycles. The maximum atomic E-state index is 7.52. The van der Waals surface area contributed by atoms with Gasteiger partial charge in [-0.2, -0.15) is 0 Å². The van der Waals surface area contributed by atoms with Crippen molar-refractivity contribution in [1.82, 2.24) is 4.98 Å². The van der Waals surface area contributed by atoms with Gasteiger partial charge in [-0.15, -0.1) is 0 Å². The third kappa shape index (κ3) is 7.41. The first-order valence-electron chi connectivity index (χ1n) is 29.2. The second kappa shape index (κ2) is 19.3. The molecule has 0 amide bonds. The van der Waals surface area contributed by atoms with E-state index in [0.717, 1.165) is 157 Å². The first-order chi connectivity index (χ1) is 42.1. The predicted octanol–water partition coefficient (Wildman–Crippen LogP) is 21.5. The predicted molar refractivity (Wildman–Crippen MR) is 348 cm³/mol. The molecule has 85 heavy (non-hydrogen) atoms. The number of allylic oxidation sites excluding steroid dienone is 1. The zero-order chi connectivity index (χ0) is 56.2. The quantitative estimate of drug-likeness (QED) is 0.136. The molecule has 2 aliphatic rings. The van der Waals surface area contributed by atoms with Crippen molar-refractivity contribution in [1.29, 1.82) is 0 Å². The molecule has 0 N–H and O–H groups in total. The molecular formula is C79H53N3O3. The normalized spacial score (nSPS) is 15.2. The molecule has 0 bridgehead atoms. The maximum absolute atomic E-state index is 7.52. The number of fused-ring (bicyclic) bond motifs is 13. The number of hydrogen-bond acceptors (Lipinski definition) is 6. The van der Waals surface area contributed by atoms with Gasteiger partial charge >= 0.3 is 0 Å². The molecule has 0 saturated heterocycles. The molecule has 6 nitrogen and oxygen atoms in total. The summed E-state index contributed by atoms with van der Waals surface area (Å²) in [5.74, 6) is 1.29. The molecule has 0 aliphatic heterocycles. The Hall–Kier alpha value is -11.0. The van der Waals surface area contributed by atoms with Gasteiger partial charge in [0.15, 0.2) is 11.2 Å². The van der Waals surface area contributed by atoms with Crippen LogP contribution in [-0.2, 0) is 11.8 Å². The standard InChI is InChI=1S/C79H53N3O3/c1-50-42-45-72-62(47-50)59-34-22-38-68(77(59)84-72)82(66-36-16-12-30-56(66)52-25-7-3-8-26-52)69-49-64-74(78-75(69)61-32-14-18-40-71(61)85-78)60-44-43-54(48-63(60)79(64,53-27-9-4-10-28-53)73-41-19-20-46-80-73)81(65-35-15-11-29-55(65)51-23-5-2-6-24-51)67-37-21-33-58-57-31-13-17-39-70(57)83-76(58)67/h2-46,48-50H,47H2,1H3. The minimum absolute atomic E-state index is 0.380. The van der Waals surface area contributed by atoms with Gasteiger partial charge in [-0.1, -0.05) is 213 Å². The highest BCUT2D eigenvalue weighted by atomic mass is 16.3. The summed E-state index contributed by atoms with van der Waals surface area (Å²) in [5.41, 5.74) is 20.6. The minimum atomic E-state index is -1.01. The maximum Gasteiger partial charge on any atom is 0.159 e. The zero-order valence-electron chi connectivity index (χ0n) is 46.5. The number of rotatable bonds is 10. The molecule has 11 aromatic carbocycles. The van der Waals surface area contributed by atoms with E-state index in [1.807, 2.05) is 18.3 Å². The van der Waals surface area contributed by atoms with Gasteiger partial charge < -0.3 is 23.1 Å². The summed E-state index contributed by atoms with van der Waals surface area (Å²) in [5, 5.41) is 5.23. The summed E-state index contributed by atoms with van der Waals surface area (Å²) in [4.78, 5) is 10.3. The number of benzene rings is 11. The van der Waals surface area contributed by atoms with Crippen LogP contribution >= 0.6 is 0 Å². The van der Waals surface area contributed by atoms with E-state index in [2.05, 4.69) is 284 Å². The van der Waals surface area contributed by atoms with Gasteiger partial charge in [0, 0.05) is 55.7 Å². The molecule has 6 heteroatoms. The Morgan fingerprint density at radius 1 is 0.424 bits per heavy atom. The fourth-order valence-electron chi connectivity index (χ4n) is 14.1. The van der Waals surface area contributed by atoms with Crippen molar-refractivity contribution in [3.63, 3.8) is 0 Å². The Bertz CT molecular complexity index is 5100. The second-order valence-corrected chi connectivity index (χ2v) is 22.5. The van der Waals surface area contributed by atoms with Gasteiger partial charge in [-0.3, -0.25) is 4.98 Å². The Balaban J connectivity index is 1.01. The van der Waals surface area contributed by atoms with Crippen LogP contribution in [0.1, 0.15) is 40.6 Å². The van der Waals surface area contributed by atoms with Gasteiger partial charge in [0.2, 0.25) is 0 Å². The van der Waals surface area contributed by atoms with E-state index in [1.165, 1.54) is 5.56 Å². The highest BCUT2D eigenvalue weighted by Gasteiger charge is 2.50. The first kappa shape index (κ1) is 48.7. The van der Waals surface area contributed by atoms with Crippen molar-refractivity contribution in [3.05, 3.63) is 313 Å². The molecule has 0 fully saturated rings. The Morgan fingerprint density at radius 3 is 1.71 bits per heavy atom. The smallest absolute Gasteiger partial charge is 0.159 e. The molecule has 2 atom stereocenters. The number of para-hydroxylation sites is 6. The summed E-state index contributed by atoms with van der Waals surface area (Å²) in [6.45, 7) is 2.28. The Morgan fingerprint density at radius 2 is 0.988 bits per heavy atom. The van der Waals surface area contributed by atoms with Crippen LogP contribution in [0.5, 0.6) is 0 Å². The molecule has 0 saturated carbocycles. The van der Waals surface area contributed by atoms with Gasteiger partial charge in [-0.05, 0) is 119 Å². The largest absolute Gasteiger partial charge is 0.455 e. The lowest BCUT2D eigenvalue weighted by Gasteiger charge is -2.35. The number of nitrogens with zero attached hydrogens (tertiary/aromatic N) is 3. The van der Waals surface area contributed by atoms with Gasteiger partial charge in [0.05, 0.1) is 44.9 Å². The Kier molecular flexibility index (Phi) is 11.1. The van der Waals surface area contributed by atoms with E-state index < -0.39 is 5.41 Å². The molecular weight excluding hydrogens is 1040 g/mol. The summed E-state index contributed by atoms with van der Waals surface area (Å²) in [7, 11) is 0. The molecule has 0 radical (unpaired) electrons. The summed E-state index contributed by atoms with van der Waals surface area (Å²) < 4.78 is 21.6. The summed E-state index contributed by atoms with van der Waals surface area (Å²) >= 11 is 0. The van der Waals surface area contributed by atoms with Gasteiger partial charge in [-0.25, -0.2) is 0 Å². The van der Waals surface area contributed by atoms with Crippen molar-refractivity contribution in [2.24, 2.45) is 5.92 Å². The van der Waals surface area contributed by atoms with Crippen LogP contribution in [-0.4, -0.2) is 4.98 Å². The summed E-state index contributed by atoms with van der Waals surface area (Å²) in [6.07, 6.45) is 7.26. The average Bonchev–Trinajstić information content (AvgIpc) is 1.67. The van der Waals surface area contributed by atoms with E-state index in [4.69, 9.17) is 18.2 Å². The number of pyridine rings is 1. The molecule has 0 spiro atoms. The second-order valence-electron chi connectivity index (χ2n) is 22.5. The van der Waals surface area contributed by atoms with Crippen molar-refractivity contribution in [2.75, 3.05) is 9.80 Å². The Labute approximate surface area is 491 Å². The highest BCUT2D eigenvalue weighted by Crippen LogP contribution is 2.62.